The predicted octanol–water partition coefficient (Wildman–Crippen LogP) is 1.33. The maximum atomic E-state index is 12.0. The van der Waals surface area contributed by atoms with Gasteiger partial charge in [-0.25, -0.2) is 4.79 Å². The number of nitrogens with one attached hydrogen (secondary N) is 2. The summed E-state index contributed by atoms with van der Waals surface area (Å²) in [4.78, 5) is 25.2. The van der Waals surface area contributed by atoms with Crippen molar-refractivity contribution in [3.63, 3.8) is 0 Å². The molecule has 0 aliphatic heterocycles. The lowest BCUT2D eigenvalue weighted by Gasteiger charge is -2.30. The topological polar surface area (TPSA) is 87.5 Å². The van der Waals surface area contributed by atoms with Gasteiger partial charge in [0.25, 0.3) is 0 Å². The molecule has 0 aliphatic rings. The summed E-state index contributed by atoms with van der Waals surface area (Å²) in [5, 5.41) is 4.65. The van der Waals surface area contributed by atoms with Crippen LogP contribution in [-0.4, -0.2) is 31.6 Å². The van der Waals surface area contributed by atoms with Gasteiger partial charge < -0.3 is 16.0 Å². The number of hydrogen-bond donors (Lipinski definition) is 3. The molecule has 0 radical (unpaired) electrons. The Labute approximate surface area is 119 Å². The van der Waals surface area contributed by atoms with Gasteiger partial charge in [0.05, 0.1) is 0 Å². The summed E-state index contributed by atoms with van der Waals surface area (Å²) < 4.78 is 0. The lowest BCUT2D eigenvalue weighted by atomic mass is 10.2. The number of amides is 3. The second-order valence-corrected chi connectivity index (χ2v) is 4.53. The molecule has 0 spiro atoms. The van der Waals surface area contributed by atoms with E-state index in [9.17, 15) is 9.59 Å². The summed E-state index contributed by atoms with van der Waals surface area (Å²) in [6, 6.07) is 6.38. The van der Waals surface area contributed by atoms with Crippen LogP contribution in [0.4, 0.5) is 16.2 Å². The van der Waals surface area contributed by atoms with E-state index >= 15 is 0 Å². The lowest BCUT2D eigenvalue weighted by molar-refractivity contribution is -0.121. The first-order valence-corrected chi connectivity index (χ1v) is 6.64. The molecule has 1 aromatic rings. The number of nitrogens with zero attached hydrogens (tertiary/aromatic N) is 1. The number of carbonyl (C=O) groups is 2. The molecule has 6 nitrogen and oxygen atoms in total. The number of nitrogens with two attached hydrogens (primary N) is 1. The largest absolute Gasteiger partial charge is 0.399 e. The third-order valence-corrected chi connectivity index (χ3v) is 2.98. The molecule has 110 valence electrons. The van der Waals surface area contributed by atoms with E-state index in [1.54, 1.807) is 13.0 Å². The van der Waals surface area contributed by atoms with E-state index < -0.39 is 12.1 Å². The number of carbonyl (C=O) groups excluding carboxylic acids is 2. The van der Waals surface area contributed by atoms with Crippen LogP contribution in [0.2, 0.25) is 0 Å². The van der Waals surface area contributed by atoms with Crippen molar-refractivity contribution in [3.05, 3.63) is 24.3 Å². The van der Waals surface area contributed by atoms with E-state index in [4.69, 9.17) is 5.73 Å². The maximum absolute atomic E-state index is 12.0. The number of nitrogen functional groups attached to an aromatic ring is 1. The van der Waals surface area contributed by atoms with Gasteiger partial charge in [-0.3, -0.25) is 10.1 Å². The minimum absolute atomic E-state index is 0.347. The highest BCUT2D eigenvalue weighted by Gasteiger charge is 2.22. The van der Waals surface area contributed by atoms with Crippen LogP contribution < -0.4 is 21.3 Å². The zero-order chi connectivity index (χ0) is 15.1. The van der Waals surface area contributed by atoms with Gasteiger partial charge in [0.2, 0.25) is 5.91 Å². The molecule has 3 amide bonds. The Balaban J connectivity index is 2.90. The molecule has 20 heavy (non-hydrogen) atoms. The lowest BCUT2D eigenvalue weighted by Crippen LogP contribution is -2.49. The molecule has 1 atom stereocenters. The van der Waals surface area contributed by atoms with E-state index in [1.165, 1.54) is 7.05 Å². The Morgan fingerprint density at radius 2 is 2.10 bits per heavy atom. The van der Waals surface area contributed by atoms with Gasteiger partial charge in [-0.05, 0) is 31.5 Å². The van der Waals surface area contributed by atoms with Crippen LogP contribution in [0.25, 0.3) is 0 Å². The van der Waals surface area contributed by atoms with E-state index in [2.05, 4.69) is 10.6 Å². The van der Waals surface area contributed by atoms with Crippen LogP contribution in [0.15, 0.2) is 24.3 Å². The number of anilines is 2. The van der Waals surface area contributed by atoms with Crippen molar-refractivity contribution in [2.45, 2.75) is 26.3 Å². The average molecular weight is 278 g/mol. The van der Waals surface area contributed by atoms with E-state index in [0.29, 0.717) is 12.2 Å². The first-order valence-electron chi connectivity index (χ1n) is 6.64. The van der Waals surface area contributed by atoms with Crippen molar-refractivity contribution in [2.24, 2.45) is 0 Å². The van der Waals surface area contributed by atoms with Crippen LogP contribution in [0, 0.1) is 0 Å². The second kappa shape index (κ2) is 7.37. The van der Waals surface area contributed by atoms with Crippen LogP contribution in [0.1, 0.15) is 20.3 Å². The van der Waals surface area contributed by atoms with E-state index in [0.717, 1.165) is 12.1 Å². The molecule has 1 unspecified atom stereocenters. The molecule has 4 N–H and O–H groups in total. The van der Waals surface area contributed by atoms with Gasteiger partial charge in [-0.1, -0.05) is 13.0 Å². The van der Waals surface area contributed by atoms with Crippen molar-refractivity contribution >= 4 is 23.3 Å². The molecule has 0 heterocycles. The van der Waals surface area contributed by atoms with Crippen molar-refractivity contribution in [2.75, 3.05) is 24.2 Å². The Morgan fingerprint density at radius 3 is 2.65 bits per heavy atom. The van der Waals surface area contributed by atoms with E-state index in [-0.39, 0.29) is 5.91 Å². The summed E-state index contributed by atoms with van der Waals surface area (Å²) in [6.45, 7) is 4.49. The quantitative estimate of drug-likeness (QED) is 0.709. The highest BCUT2D eigenvalue weighted by Crippen LogP contribution is 2.20. The fourth-order valence-electron chi connectivity index (χ4n) is 1.91. The van der Waals surface area contributed by atoms with Gasteiger partial charge in [0.15, 0.2) is 0 Å². The fraction of sp³-hybridized carbons (Fsp3) is 0.429. The first-order chi connectivity index (χ1) is 9.49. The normalized spacial score (nSPS) is 11.6. The van der Waals surface area contributed by atoms with Gasteiger partial charge in [0, 0.05) is 25.0 Å². The van der Waals surface area contributed by atoms with Crippen molar-refractivity contribution in [1.82, 2.24) is 10.6 Å². The molecular weight excluding hydrogens is 256 g/mol. The zero-order valence-corrected chi connectivity index (χ0v) is 12.1. The number of urea groups is 1. The third kappa shape index (κ3) is 4.15. The maximum Gasteiger partial charge on any atom is 0.321 e. The Bertz CT molecular complexity index is 476. The van der Waals surface area contributed by atoms with Gasteiger partial charge in [-0.2, -0.15) is 0 Å². The van der Waals surface area contributed by atoms with Crippen LogP contribution >= 0.6 is 0 Å². The molecule has 1 rings (SSSR count). The number of rotatable bonds is 5. The van der Waals surface area contributed by atoms with Crippen molar-refractivity contribution in [3.8, 4) is 0 Å². The molecular formula is C14H22N4O2. The second-order valence-electron chi connectivity index (χ2n) is 4.53. The number of hydrogen-bond acceptors (Lipinski definition) is 4. The molecule has 0 aliphatic carbocycles. The smallest absolute Gasteiger partial charge is 0.321 e. The molecule has 0 aromatic heterocycles. The van der Waals surface area contributed by atoms with E-state index in [1.807, 2.05) is 30.0 Å². The Kier molecular flexibility index (Phi) is 5.83. The summed E-state index contributed by atoms with van der Waals surface area (Å²) in [7, 11) is 1.47. The van der Waals surface area contributed by atoms with Gasteiger partial charge in [-0.15, -0.1) is 0 Å². The summed E-state index contributed by atoms with van der Waals surface area (Å²) in [5.74, 6) is -0.347. The van der Waals surface area contributed by atoms with Crippen molar-refractivity contribution in [1.29, 1.82) is 0 Å². The average Bonchev–Trinajstić information content (AvgIpc) is 2.43. The molecule has 0 saturated heterocycles. The minimum atomic E-state index is -0.508. The summed E-state index contributed by atoms with van der Waals surface area (Å²) >= 11 is 0. The standard InChI is InChI=1S/C14H22N4O2/c1-4-8-18(12-7-5-6-11(15)9-12)10(2)13(19)17-14(20)16-3/h5-7,9-10H,4,8,15H2,1-3H3,(H2,16,17,19,20). The van der Waals surface area contributed by atoms with Crippen LogP contribution in [-0.2, 0) is 4.79 Å². The molecule has 1 aromatic carbocycles. The molecule has 0 fully saturated rings. The molecule has 0 bridgehead atoms. The molecule has 0 saturated carbocycles. The summed E-state index contributed by atoms with van der Waals surface area (Å²) in [6.07, 6.45) is 0.881. The first kappa shape index (κ1) is 15.8. The Morgan fingerprint density at radius 1 is 1.40 bits per heavy atom. The summed E-state index contributed by atoms with van der Waals surface area (Å²) in [5.41, 5.74) is 7.29. The third-order valence-electron chi connectivity index (χ3n) is 2.98. The molecule has 6 heteroatoms. The van der Waals surface area contributed by atoms with Crippen molar-refractivity contribution < 1.29 is 9.59 Å². The monoisotopic (exact) mass is 278 g/mol. The van der Waals surface area contributed by atoms with Gasteiger partial charge in [0.1, 0.15) is 6.04 Å². The highest BCUT2D eigenvalue weighted by atomic mass is 16.2. The minimum Gasteiger partial charge on any atom is -0.399 e. The number of imide groups is 1. The predicted molar refractivity (Wildman–Crippen MR) is 80.6 cm³/mol. The Hall–Kier alpha value is -2.24. The zero-order valence-electron chi connectivity index (χ0n) is 12.1. The van der Waals surface area contributed by atoms with Crippen LogP contribution in [0.5, 0.6) is 0 Å². The fourth-order valence-corrected chi connectivity index (χ4v) is 1.91. The SMILES string of the molecule is CCCN(c1cccc(N)c1)C(C)C(=O)NC(=O)NC. The highest BCUT2D eigenvalue weighted by molar-refractivity contribution is 5.98. The number of benzene rings is 1. The van der Waals surface area contributed by atoms with Crippen LogP contribution in [0.3, 0.4) is 0 Å². The van der Waals surface area contributed by atoms with Gasteiger partial charge >= 0.3 is 6.03 Å².